The van der Waals surface area contributed by atoms with Crippen LogP contribution in [-0.4, -0.2) is 28.9 Å². The van der Waals surface area contributed by atoms with Crippen LogP contribution in [0.4, 0.5) is 5.69 Å². The topological polar surface area (TPSA) is 107 Å². The van der Waals surface area contributed by atoms with Gasteiger partial charge in [-0.25, -0.2) is 0 Å². The van der Waals surface area contributed by atoms with Crippen molar-refractivity contribution in [2.75, 3.05) is 6.61 Å². The molecule has 0 aliphatic carbocycles. The third kappa shape index (κ3) is 5.05. The molecule has 1 N–H and O–H groups in total. The predicted molar refractivity (Wildman–Crippen MR) is 70.1 cm³/mol. The van der Waals surface area contributed by atoms with Crippen LogP contribution in [0.3, 0.4) is 0 Å². The van der Waals surface area contributed by atoms with Crippen LogP contribution in [0.1, 0.15) is 36.0 Å². The van der Waals surface area contributed by atoms with E-state index >= 15 is 0 Å². The van der Waals surface area contributed by atoms with Crippen LogP contribution in [0, 0.1) is 10.1 Å². The lowest BCUT2D eigenvalue weighted by atomic mass is 10.2. The van der Waals surface area contributed by atoms with Gasteiger partial charge in [0.05, 0.1) is 23.2 Å². The van der Waals surface area contributed by atoms with Crippen LogP contribution in [0.5, 0.6) is 5.75 Å². The molecule has 0 unspecified atom stereocenters. The number of carbonyl (C=O) groups is 2. The molecule has 0 spiro atoms. The third-order valence-corrected chi connectivity index (χ3v) is 2.63. The van der Waals surface area contributed by atoms with Gasteiger partial charge in [0.25, 0.3) is 5.69 Å². The number of carboxylic acids is 1. The van der Waals surface area contributed by atoms with E-state index < -0.39 is 10.9 Å². The van der Waals surface area contributed by atoms with Gasteiger partial charge >= 0.3 is 5.97 Å². The van der Waals surface area contributed by atoms with Gasteiger partial charge in [0, 0.05) is 6.42 Å². The summed E-state index contributed by atoms with van der Waals surface area (Å²) in [5, 5.41) is 19.2. The number of aliphatic carboxylic acids is 1. The van der Waals surface area contributed by atoms with Crippen molar-refractivity contribution in [1.29, 1.82) is 0 Å². The average Bonchev–Trinajstić information content (AvgIpc) is 2.42. The first-order valence-electron chi connectivity index (χ1n) is 6.13. The summed E-state index contributed by atoms with van der Waals surface area (Å²) < 4.78 is 5.34. The number of nitro benzene ring substituents is 1. The van der Waals surface area contributed by atoms with Gasteiger partial charge in [0.15, 0.2) is 6.29 Å². The molecule has 0 radical (unpaired) electrons. The van der Waals surface area contributed by atoms with Gasteiger partial charge in [-0.15, -0.1) is 0 Å². The Morgan fingerprint density at radius 3 is 2.70 bits per heavy atom. The van der Waals surface area contributed by atoms with Crippen molar-refractivity contribution in [2.45, 2.75) is 25.7 Å². The summed E-state index contributed by atoms with van der Waals surface area (Å²) in [6.07, 6.45) is 2.49. The van der Waals surface area contributed by atoms with Crippen molar-refractivity contribution >= 4 is 17.9 Å². The van der Waals surface area contributed by atoms with Gasteiger partial charge in [0.1, 0.15) is 5.75 Å². The predicted octanol–water partition coefficient (Wildman–Crippen LogP) is 2.43. The molecular formula is C13H15NO6. The Bertz CT molecular complexity index is 500. The molecule has 0 saturated carbocycles. The summed E-state index contributed by atoms with van der Waals surface area (Å²) in [6.45, 7) is 0.344. The largest absolute Gasteiger partial charge is 0.493 e. The van der Waals surface area contributed by atoms with E-state index in [1.165, 1.54) is 18.2 Å². The van der Waals surface area contributed by atoms with Gasteiger partial charge in [-0.3, -0.25) is 19.7 Å². The highest BCUT2D eigenvalue weighted by Crippen LogP contribution is 2.23. The Kier molecular flexibility index (Phi) is 6.15. The van der Waals surface area contributed by atoms with Gasteiger partial charge in [-0.1, -0.05) is 0 Å². The van der Waals surface area contributed by atoms with Crippen LogP contribution in [0.15, 0.2) is 18.2 Å². The van der Waals surface area contributed by atoms with E-state index in [9.17, 15) is 19.7 Å². The Balaban J connectivity index is 2.44. The summed E-state index contributed by atoms with van der Waals surface area (Å²) in [5.74, 6) is -0.508. The molecule has 108 valence electrons. The first-order chi connectivity index (χ1) is 9.54. The number of hydrogen-bond donors (Lipinski definition) is 1. The lowest BCUT2D eigenvalue weighted by Gasteiger charge is -2.06. The second kappa shape index (κ2) is 7.88. The smallest absolute Gasteiger partial charge is 0.303 e. The maximum Gasteiger partial charge on any atom is 0.303 e. The molecule has 7 heteroatoms. The van der Waals surface area contributed by atoms with Gasteiger partial charge < -0.3 is 9.84 Å². The fourth-order valence-electron chi connectivity index (χ4n) is 1.62. The zero-order chi connectivity index (χ0) is 15.0. The Morgan fingerprint density at radius 1 is 1.35 bits per heavy atom. The summed E-state index contributed by atoms with van der Waals surface area (Å²) in [7, 11) is 0. The fraction of sp³-hybridized carbons (Fsp3) is 0.385. The van der Waals surface area contributed by atoms with E-state index in [0.717, 1.165) is 0 Å². The zero-order valence-electron chi connectivity index (χ0n) is 10.8. The molecule has 0 aliphatic heterocycles. The maximum atomic E-state index is 10.7. The lowest BCUT2D eigenvalue weighted by molar-refractivity contribution is -0.385. The summed E-state index contributed by atoms with van der Waals surface area (Å²) in [4.78, 5) is 31.0. The fourth-order valence-corrected chi connectivity index (χ4v) is 1.62. The Hall–Kier alpha value is -2.44. The number of ether oxygens (including phenoxy) is 1. The molecular weight excluding hydrogens is 266 g/mol. The van der Waals surface area contributed by atoms with Crippen LogP contribution in [0.2, 0.25) is 0 Å². The van der Waals surface area contributed by atoms with Crippen molar-refractivity contribution in [3.8, 4) is 5.75 Å². The Morgan fingerprint density at radius 2 is 2.10 bits per heavy atom. The van der Waals surface area contributed by atoms with Crippen LogP contribution >= 0.6 is 0 Å². The van der Waals surface area contributed by atoms with Crippen molar-refractivity contribution in [3.05, 3.63) is 33.9 Å². The summed E-state index contributed by atoms with van der Waals surface area (Å²) >= 11 is 0. The molecule has 0 bridgehead atoms. The molecule has 0 fully saturated rings. The number of nitrogens with zero attached hydrogens (tertiary/aromatic N) is 1. The van der Waals surface area contributed by atoms with E-state index in [2.05, 4.69) is 0 Å². The number of carbonyl (C=O) groups excluding carboxylic acids is 1. The van der Waals surface area contributed by atoms with Crippen molar-refractivity contribution in [2.24, 2.45) is 0 Å². The highest BCUT2D eigenvalue weighted by Gasteiger charge is 2.14. The van der Waals surface area contributed by atoms with Gasteiger partial charge in [-0.05, 0) is 31.4 Å². The normalized spacial score (nSPS) is 10.0. The Labute approximate surface area is 115 Å². The van der Waals surface area contributed by atoms with Crippen LogP contribution in [0.25, 0.3) is 0 Å². The minimum atomic E-state index is -0.828. The zero-order valence-corrected chi connectivity index (χ0v) is 10.8. The SMILES string of the molecule is O=Cc1ccc(OCCCCCC(=O)O)cc1[N+](=O)[O-]. The molecule has 20 heavy (non-hydrogen) atoms. The number of unbranched alkanes of at least 4 members (excludes halogenated alkanes) is 2. The monoisotopic (exact) mass is 281 g/mol. The second-order valence-electron chi connectivity index (χ2n) is 4.15. The van der Waals surface area contributed by atoms with E-state index in [0.29, 0.717) is 37.9 Å². The van der Waals surface area contributed by atoms with Gasteiger partial charge in [-0.2, -0.15) is 0 Å². The third-order valence-electron chi connectivity index (χ3n) is 2.63. The van der Waals surface area contributed by atoms with Gasteiger partial charge in [0.2, 0.25) is 0 Å². The number of nitro groups is 1. The standard InChI is InChI=1S/C13H15NO6/c15-9-10-5-6-11(8-12(10)14(18)19)20-7-3-1-2-4-13(16)17/h5-6,8-9H,1-4,7H2,(H,16,17). The minimum absolute atomic E-state index is 0.00353. The number of carboxylic acid groups (broad SMARTS) is 1. The lowest BCUT2D eigenvalue weighted by Crippen LogP contribution is -2.01. The number of aldehydes is 1. The molecule has 1 aromatic rings. The summed E-state index contributed by atoms with van der Waals surface area (Å²) in [6, 6.07) is 4.04. The molecule has 0 atom stereocenters. The highest BCUT2D eigenvalue weighted by molar-refractivity contribution is 5.81. The number of hydrogen-bond acceptors (Lipinski definition) is 5. The van der Waals surface area contributed by atoms with E-state index in [1.807, 2.05) is 0 Å². The molecule has 1 aromatic carbocycles. The van der Waals surface area contributed by atoms with E-state index in [4.69, 9.17) is 9.84 Å². The van der Waals surface area contributed by atoms with E-state index in [1.54, 1.807) is 0 Å². The van der Waals surface area contributed by atoms with Crippen molar-refractivity contribution in [3.63, 3.8) is 0 Å². The molecule has 0 heterocycles. The molecule has 0 saturated heterocycles. The minimum Gasteiger partial charge on any atom is -0.493 e. The van der Waals surface area contributed by atoms with Crippen molar-refractivity contribution in [1.82, 2.24) is 0 Å². The summed E-state index contributed by atoms with van der Waals surface area (Å²) in [5.41, 5.74) is -0.285. The number of rotatable bonds is 9. The second-order valence-corrected chi connectivity index (χ2v) is 4.15. The van der Waals surface area contributed by atoms with E-state index in [-0.39, 0.29) is 17.7 Å². The first-order valence-corrected chi connectivity index (χ1v) is 6.13. The van der Waals surface area contributed by atoms with Crippen LogP contribution < -0.4 is 4.74 Å². The number of benzene rings is 1. The van der Waals surface area contributed by atoms with Crippen molar-refractivity contribution < 1.29 is 24.4 Å². The molecule has 0 aliphatic rings. The maximum absolute atomic E-state index is 10.7. The molecule has 1 rings (SSSR count). The van der Waals surface area contributed by atoms with Crippen LogP contribution in [-0.2, 0) is 4.79 Å². The highest BCUT2D eigenvalue weighted by atomic mass is 16.6. The molecule has 0 amide bonds. The first kappa shape index (κ1) is 15.6. The quantitative estimate of drug-likeness (QED) is 0.322. The average molecular weight is 281 g/mol. The molecule has 7 nitrogen and oxygen atoms in total. The molecule has 0 aromatic heterocycles.